The SMILES string of the molecule is O=[N+]([O-])c1ccc(OCCNCCCCC(F)(F)F)cc1. The number of alkyl halides is 3. The molecule has 0 aromatic heterocycles. The molecule has 0 bridgehead atoms. The van der Waals surface area contributed by atoms with Gasteiger partial charge in [0.15, 0.2) is 0 Å². The summed E-state index contributed by atoms with van der Waals surface area (Å²) in [5.41, 5.74) is -0.00913. The molecule has 8 heteroatoms. The number of nitrogens with zero attached hydrogens (tertiary/aromatic N) is 1. The van der Waals surface area contributed by atoms with Crippen LogP contribution in [0.15, 0.2) is 24.3 Å². The molecule has 1 rings (SSSR count). The van der Waals surface area contributed by atoms with Gasteiger partial charge in [0.1, 0.15) is 12.4 Å². The number of benzene rings is 1. The van der Waals surface area contributed by atoms with Crippen molar-refractivity contribution in [2.75, 3.05) is 19.7 Å². The molecule has 0 amide bonds. The maximum Gasteiger partial charge on any atom is 0.389 e. The summed E-state index contributed by atoms with van der Waals surface area (Å²) < 4.78 is 40.9. The first kappa shape index (κ1) is 17.2. The smallest absolute Gasteiger partial charge is 0.389 e. The third kappa shape index (κ3) is 8.13. The molecular weight excluding hydrogens is 289 g/mol. The highest BCUT2D eigenvalue weighted by atomic mass is 19.4. The zero-order chi connectivity index (χ0) is 15.7. The fourth-order valence-electron chi connectivity index (χ4n) is 1.61. The van der Waals surface area contributed by atoms with E-state index < -0.39 is 17.5 Å². The molecule has 0 aliphatic rings. The molecule has 0 aliphatic carbocycles. The number of non-ortho nitro benzene ring substituents is 1. The van der Waals surface area contributed by atoms with Crippen molar-refractivity contribution in [2.45, 2.75) is 25.4 Å². The molecule has 0 aliphatic heterocycles. The summed E-state index contributed by atoms with van der Waals surface area (Å²) in [5.74, 6) is 0.513. The third-order valence-electron chi connectivity index (χ3n) is 2.66. The molecule has 1 aromatic carbocycles. The first-order valence-electron chi connectivity index (χ1n) is 6.53. The molecule has 0 radical (unpaired) electrons. The fourth-order valence-corrected chi connectivity index (χ4v) is 1.61. The van der Waals surface area contributed by atoms with Crippen LogP contribution in [0.4, 0.5) is 18.9 Å². The van der Waals surface area contributed by atoms with Crippen molar-refractivity contribution in [1.82, 2.24) is 5.32 Å². The van der Waals surface area contributed by atoms with Gasteiger partial charge in [-0.25, -0.2) is 0 Å². The minimum absolute atomic E-state index is 0.00913. The predicted molar refractivity (Wildman–Crippen MR) is 71.4 cm³/mol. The summed E-state index contributed by atoms with van der Waals surface area (Å²) in [4.78, 5) is 9.95. The molecule has 5 nitrogen and oxygen atoms in total. The Bertz CT molecular complexity index is 435. The van der Waals surface area contributed by atoms with Crippen LogP contribution in [0.1, 0.15) is 19.3 Å². The van der Waals surface area contributed by atoms with Crippen LogP contribution < -0.4 is 10.1 Å². The topological polar surface area (TPSA) is 64.4 Å². The van der Waals surface area contributed by atoms with Crippen molar-refractivity contribution < 1.29 is 22.8 Å². The number of ether oxygens (including phenoxy) is 1. The summed E-state index contributed by atoms with van der Waals surface area (Å²) in [5, 5.41) is 13.4. The lowest BCUT2D eigenvalue weighted by Crippen LogP contribution is -2.22. The van der Waals surface area contributed by atoms with Gasteiger partial charge in [0.05, 0.1) is 4.92 Å². The summed E-state index contributed by atoms with van der Waals surface area (Å²) in [7, 11) is 0. The van der Waals surface area contributed by atoms with Crippen molar-refractivity contribution in [3.63, 3.8) is 0 Å². The fraction of sp³-hybridized carbons (Fsp3) is 0.538. The summed E-state index contributed by atoms with van der Waals surface area (Å²) in [6.45, 7) is 1.35. The Balaban J connectivity index is 2.05. The minimum Gasteiger partial charge on any atom is -0.492 e. The van der Waals surface area contributed by atoms with Crippen LogP contribution in [0, 0.1) is 10.1 Å². The van der Waals surface area contributed by atoms with Crippen molar-refractivity contribution in [1.29, 1.82) is 0 Å². The quantitative estimate of drug-likeness (QED) is 0.432. The molecule has 0 heterocycles. The van der Waals surface area contributed by atoms with E-state index >= 15 is 0 Å². The number of rotatable bonds is 9. The van der Waals surface area contributed by atoms with E-state index in [4.69, 9.17) is 4.74 Å². The second-order valence-electron chi connectivity index (χ2n) is 4.42. The van der Waals surface area contributed by atoms with E-state index in [1.165, 1.54) is 24.3 Å². The first-order chi connectivity index (χ1) is 9.88. The highest BCUT2D eigenvalue weighted by Gasteiger charge is 2.25. The van der Waals surface area contributed by atoms with Crippen LogP contribution in [0.25, 0.3) is 0 Å². The molecule has 0 atom stereocenters. The number of hydrogen-bond acceptors (Lipinski definition) is 4. The Morgan fingerprint density at radius 2 is 1.81 bits per heavy atom. The molecule has 0 unspecified atom stereocenters. The number of hydrogen-bond donors (Lipinski definition) is 1. The van der Waals surface area contributed by atoms with Gasteiger partial charge in [0.2, 0.25) is 0 Å². The van der Waals surface area contributed by atoms with Gasteiger partial charge in [-0.15, -0.1) is 0 Å². The van der Waals surface area contributed by atoms with Gasteiger partial charge in [0, 0.05) is 25.1 Å². The molecule has 118 valence electrons. The Morgan fingerprint density at radius 3 is 2.38 bits per heavy atom. The van der Waals surface area contributed by atoms with Gasteiger partial charge in [-0.1, -0.05) is 0 Å². The van der Waals surface area contributed by atoms with Gasteiger partial charge >= 0.3 is 6.18 Å². The van der Waals surface area contributed by atoms with Crippen molar-refractivity contribution in [3.05, 3.63) is 34.4 Å². The van der Waals surface area contributed by atoms with Crippen molar-refractivity contribution >= 4 is 5.69 Å². The van der Waals surface area contributed by atoms with Crippen LogP contribution in [0.2, 0.25) is 0 Å². The minimum atomic E-state index is -4.08. The third-order valence-corrected chi connectivity index (χ3v) is 2.66. The second kappa shape index (κ2) is 8.46. The predicted octanol–water partition coefficient (Wildman–Crippen LogP) is 3.30. The Hall–Kier alpha value is -1.83. The molecule has 21 heavy (non-hydrogen) atoms. The van der Waals surface area contributed by atoms with E-state index in [0.717, 1.165) is 0 Å². The van der Waals surface area contributed by atoms with E-state index in [9.17, 15) is 23.3 Å². The largest absolute Gasteiger partial charge is 0.492 e. The number of nitro benzene ring substituents is 1. The second-order valence-corrected chi connectivity index (χ2v) is 4.42. The van der Waals surface area contributed by atoms with E-state index in [1.54, 1.807) is 0 Å². The zero-order valence-electron chi connectivity index (χ0n) is 11.4. The number of nitro groups is 1. The summed E-state index contributed by atoms with van der Waals surface area (Å²) in [6, 6.07) is 5.70. The standard InChI is InChI=1S/C13H17F3N2O3/c14-13(15,16)7-1-2-8-17-9-10-21-12-5-3-11(4-6-12)18(19)20/h3-6,17H,1-2,7-10H2. The molecule has 0 saturated carbocycles. The van der Waals surface area contributed by atoms with Gasteiger partial charge in [0.25, 0.3) is 5.69 Å². The average Bonchev–Trinajstić information content (AvgIpc) is 2.41. The van der Waals surface area contributed by atoms with Crippen molar-refractivity contribution in [3.8, 4) is 5.75 Å². The lowest BCUT2D eigenvalue weighted by molar-refractivity contribution is -0.384. The first-order valence-corrected chi connectivity index (χ1v) is 6.53. The maximum atomic E-state index is 11.9. The molecule has 0 saturated heterocycles. The summed E-state index contributed by atoms with van der Waals surface area (Å²) >= 11 is 0. The molecule has 0 fully saturated rings. The van der Waals surface area contributed by atoms with Gasteiger partial charge in [-0.3, -0.25) is 10.1 Å². The number of unbranched alkanes of at least 4 members (excludes halogenated alkanes) is 1. The molecular formula is C13H17F3N2O3. The van der Waals surface area contributed by atoms with Crippen LogP contribution in [0.5, 0.6) is 5.75 Å². The highest BCUT2D eigenvalue weighted by Crippen LogP contribution is 2.21. The molecule has 0 spiro atoms. The van der Waals surface area contributed by atoms with E-state index in [1.807, 2.05) is 0 Å². The monoisotopic (exact) mass is 306 g/mol. The van der Waals surface area contributed by atoms with Crippen LogP contribution in [-0.4, -0.2) is 30.8 Å². The highest BCUT2D eigenvalue weighted by molar-refractivity contribution is 5.35. The van der Waals surface area contributed by atoms with Crippen LogP contribution in [-0.2, 0) is 0 Å². The molecule has 1 aromatic rings. The lowest BCUT2D eigenvalue weighted by atomic mass is 10.2. The van der Waals surface area contributed by atoms with Crippen LogP contribution in [0.3, 0.4) is 0 Å². The summed E-state index contributed by atoms with van der Waals surface area (Å²) in [6.07, 6.45) is -4.27. The van der Waals surface area contributed by atoms with Gasteiger partial charge in [-0.05, 0) is 31.5 Å². The Labute approximate surface area is 120 Å². The van der Waals surface area contributed by atoms with Gasteiger partial charge < -0.3 is 10.1 Å². The van der Waals surface area contributed by atoms with Gasteiger partial charge in [-0.2, -0.15) is 13.2 Å². The number of halogens is 3. The Morgan fingerprint density at radius 1 is 1.14 bits per heavy atom. The Kier molecular flexibility index (Phi) is 6.93. The van der Waals surface area contributed by atoms with E-state index in [0.29, 0.717) is 31.9 Å². The number of nitrogens with one attached hydrogen (secondary N) is 1. The maximum absolute atomic E-state index is 11.9. The lowest BCUT2D eigenvalue weighted by Gasteiger charge is -2.08. The zero-order valence-corrected chi connectivity index (χ0v) is 11.4. The molecule has 1 N–H and O–H groups in total. The average molecular weight is 306 g/mol. The van der Waals surface area contributed by atoms with E-state index in [-0.39, 0.29) is 12.1 Å². The van der Waals surface area contributed by atoms with Crippen molar-refractivity contribution in [2.24, 2.45) is 0 Å². The van der Waals surface area contributed by atoms with E-state index in [2.05, 4.69) is 5.32 Å². The normalized spacial score (nSPS) is 11.4. The van der Waals surface area contributed by atoms with Crippen LogP contribution >= 0.6 is 0 Å².